The van der Waals surface area contributed by atoms with Gasteiger partial charge >= 0.3 is 0 Å². The molecule has 3 N–H and O–H groups in total. The molecule has 2 aromatic rings. The third-order valence-corrected chi connectivity index (χ3v) is 3.31. The van der Waals surface area contributed by atoms with Gasteiger partial charge in [0.25, 0.3) is 5.56 Å². The highest BCUT2D eigenvalue weighted by molar-refractivity contribution is 14.1. The van der Waals surface area contributed by atoms with Crippen LogP contribution in [0, 0.1) is 14.9 Å². The molecular formula is C13H11IN4O2. The van der Waals surface area contributed by atoms with Crippen molar-refractivity contribution >= 4 is 28.3 Å². The lowest BCUT2D eigenvalue weighted by molar-refractivity contribution is 0.457. The number of halogens is 1. The molecule has 0 amide bonds. The summed E-state index contributed by atoms with van der Waals surface area (Å²) in [6.45, 7) is 1.88. The van der Waals surface area contributed by atoms with Gasteiger partial charge in [-0.1, -0.05) is 6.92 Å². The number of nitriles is 1. The molecule has 2 rings (SSSR count). The normalized spacial score (nSPS) is 10.1. The molecule has 7 heteroatoms. The van der Waals surface area contributed by atoms with Gasteiger partial charge < -0.3 is 15.5 Å². The van der Waals surface area contributed by atoms with E-state index in [9.17, 15) is 4.79 Å². The summed E-state index contributed by atoms with van der Waals surface area (Å²) in [4.78, 5) is 18.3. The summed E-state index contributed by atoms with van der Waals surface area (Å²) >= 11 is 2.02. The van der Waals surface area contributed by atoms with Crippen molar-refractivity contribution in [3.63, 3.8) is 0 Å². The van der Waals surface area contributed by atoms with Crippen molar-refractivity contribution in [2.24, 2.45) is 0 Å². The van der Waals surface area contributed by atoms with Crippen molar-refractivity contribution in [1.29, 1.82) is 5.26 Å². The number of aromatic nitrogens is 2. The highest BCUT2D eigenvalue weighted by Crippen LogP contribution is 2.32. The summed E-state index contributed by atoms with van der Waals surface area (Å²) in [5.74, 6) is 1.11. The van der Waals surface area contributed by atoms with Gasteiger partial charge in [0.1, 0.15) is 5.82 Å². The van der Waals surface area contributed by atoms with E-state index in [1.807, 2.05) is 35.6 Å². The van der Waals surface area contributed by atoms with E-state index < -0.39 is 0 Å². The molecule has 0 radical (unpaired) electrons. The number of hydrogen-bond acceptors (Lipinski definition) is 5. The van der Waals surface area contributed by atoms with Gasteiger partial charge in [0, 0.05) is 6.42 Å². The first kappa shape index (κ1) is 14.3. The standard InChI is InChI=1S/C13H11IN4O2/c1-2-10-17-11(19)5-12(18-10)20-13-8(14)3-7(6-15)4-9(13)16/h3-5H,2,16H2,1H3,(H,17,18,19). The van der Waals surface area contributed by atoms with E-state index >= 15 is 0 Å². The fraction of sp³-hybridized carbons (Fsp3) is 0.154. The number of H-pyrrole nitrogens is 1. The van der Waals surface area contributed by atoms with E-state index in [1.165, 1.54) is 12.1 Å². The topological polar surface area (TPSA) is 105 Å². The molecule has 0 bridgehead atoms. The average molecular weight is 382 g/mol. The Kier molecular flexibility index (Phi) is 4.24. The van der Waals surface area contributed by atoms with Gasteiger partial charge in [0.05, 0.1) is 27.0 Å². The molecule has 1 aromatic carbocycles. The number of aromatic amines is 1. The molecule has 0 aliphatic carbocycles. The van der Waals surface area contributed by atoms with Crippen LogP contribution in [-0.4, -0.2) is 9.97 Å². The zero-order valence-electron chi connectivity index (χ0n) is 10.6. The third kappa shape index (κ3) is 3.08. The second-order valence-corrected chi connectivity index (χ2v) is 5.14. The zero-order valence-corrected chi connectivity index (χ0v) is 12.8. The van der Waals surface area contributed by atoms with Gasteiger partial charge in [-0.05, 0) is 34.7 Å². The van der Waals surface area contributed by atoms with Gasteiger partial charge in [-0.3, -0.25) is 4.79 Å². The molecule has 0 saturated heterocycles. The van der Waals surface area contributed by atoms with Crippen LogP contribution in [0.4, 0.5) is 5.69 Å². The van der Waals surface area contributed by atoms with Gasteiger partial charge in [-0.25, -0.2) is 0 Å². The van der Waals surface area contributed by atoms with Crippen LogP contribution >= 0.6 is 22.6 Å². The SMILES string of the molecule is CCc1nc(Oc2c(N)cc(C#N)cc2I)cc(=O)[nH]1. The van der Waals surface area contributed by atoms with Crippen LogP contribution in [0.5, 0.6) is 11.6 Å². The molecule has 102 valence electrons. The number of anilines is 1. The second kappa shape index (κ2) is 5.92. The molecule has 0 fully saturated rings. The summed E-state index contributed by atoms with van der Waals surface area (Å²) in [6.07, 6.45) is 0.590. The third-order valence-electron chi connectivity index (χ3n) is 2.51. The summed E-state index contributed by atoms with van der Waals surface area (Å²) in [7, 11) is 0. The Balaban J connectivity index is 2.43. The molecule has 0 atom stereocenters. The van der Waals surface area contributed by atoms with E-state index in [4.69, 9.17) is 15.7 Å². The summed E-state index contributed by atoms with van der Waals surface area (Å²) in [5.41, 5.74) is 6.35. The number of aryl methyl sites for hydroxylation is 1. The van der Waals surface area contributed by atoms with Crippen LogP contribution < -0.4 is 16.0 Å². The molecule has 0 spiro atoms. The van der Waals surface area contributed by atoms with Crippen LogP contribution in [0.15, 0.2) is 23.0 Å². The van der Waals surface area contributed by atoms with E-state index in [1.54, 1.807) is 6.07 Å². The second-order valence-electron chi connectivity index (χ2n) is 3.97. The van der Waals surface area contributed by atoms with Crippen LogP contribution in [0.25, 0.3) is 0 Å². The molecule has 6 nitrogen and oxygen atoms in total. The van der Waals surface area contributed by atoms with E-state index in [-0.39, 0.29) is 11.4 Å². The molecule has 20 heavy (non-hydrogen) atoms. The maximum Gasteiger partial charge on any atom is 0.254 e. The number of nitrogens with zero attached hydrogens (tertiary/aromatic N) is 2. The summed E-state index contributed by atoms with van der Waals surface area (Å²) < 4.78 is 6.27. The number of ether oxygens (including phenoxy) is 1. The maximum atomic E-state index is 11.5. The molecule has 0 saturated carbocycles. The lowest BCUT2D eigenvalue weighted by atomic mass is 10.2. The van der Waals surface area contributed by atoms with Crippen LogP contribution in [0.1, 0.15) is 18.3 Å². The van der Waals surface area contributed by atoms with Gasteiger partial charge in [0.15, 0.2) is 5.75 Å². The van der Waals surface area contributed by atoms with E-state index in [2.05, 4.69) is 9.97 Å². The first-order valence-electron chi connectivity index (χ1n) is 5.80. The Bertz CT molecular complexity index is 726. The van der Waals surface area contributed by atoms with Crippen molar-refractivity contribution in [3.8, 4) is 17.7 Å². The monoisotopic (exact) mass is 382 g/mol. The van der Waals surface area contributed by atoms with Crippen LogP contribution in [0.3, 0.4) is 0 Å². The minimum atomic E-state index is -0.283. The van der Waals surface area contributed by atoms with E-state index in [0.717, 1.165) is 0 Å². The number of rotatable bonds is 3. The minimum Gasteiger partial charge on any atom is -0.435 e. The highest BCUT2D eigenvalue weighted by Gasteiger charge is 2.11. The Labute approximate surface area is 128 Å². The van der Waals surface area contributed by atoms with Crippen molar-refractivity contribution < 1.29 is 4.74 Å². The number of nitrogen functional groups attached to an aromatic ring is 1. The summed E-state index contributed by atoms with van der Waals surface area (Å²) in [5, 5.41) is 8.86. The molecule has 0 aliphatic rings. The highest BCUT2D eigenvalue weighted by atomic mass is 127. The lowest BCUT2D eigenvalue weighted by Crippen LogP contribution is -2.10. The van der Waals surface area contributed by atoms with Crippen LogP contribution in [-0.2, 0) is 6.42 Å². The van der Waals surface area contributed by atoms with Gasteiger partial charge in [0.2, 0.25) is 5.88 Å². The Morgan fingerprint density at radius 1 is 1.50 bits per heavy atom. The van der Waals surface area contributed by atoms with Crippen LogP contribution in [0.2, 0.25) is 0 Å². The minimum absolute atomic E-state index is 0.180. The first-order valence-corrected chi connectivity index (χ1v) is 6.88. The first-order chi connectivity index (χ1) is 9.53. The Morgan fingerprint density at radius 3 is 2.85 bits per heavy atom. The van der Waals surface area contributed by atoms with E-state index in [0.29, 0.717) is 32.8 Å². The molecular weight excluding hydrogens is 371 g/mol. The van der Waals surface area contributed by atoms with Gasteiger partial charge in [-0.2, -0.15) is 10.2 Å². The number of hydrogen-bond donors (Lipinski definition) is 2. The fourth-order valence-corrected chi connectivity index (χ4v) is 2.35. The molecule has 1 aromatic heterocycles. The molecule has 1 heterocycles. The van der Waals surface area contributed by atoms with Crippen molar-refractivity contribution in [2.75, 3.05) is 5.73 Å². The van der Waals surface area contributed by atoms with Gasteiger partial charge in [-0.15, -0.1) is 0 Å². The van der Waals surface area contributed by atoms with Crippen molar-refractivity contribution in [3.05, 3.63) is 43.5 Å². The molecule has 0 unspecified atom stereocenters. The lowest BCUT2D eigenvalue weighted by Gasteiger charge is -2.10. The zero-order chi connectivity index (χ0) is 14.7. The predicted octanol–water partition coefficient (Wildman–Crippen LogP) is 2.18. The summed E-state index contributed by atoms with van der Waals surface area (Å²) in [6, 6.07) is 6.45. The average Bonchev–Trinajstić information content (AvgIpc) is 2.41. The number of nitrogens with two attached hydrogens (primary N) is 1. The quantitative estimate of drug-likeness (QED) is 0.626. The predicted molar refractivity (Wildman–Crippen MR) is 82.6 cm³/mol. The molecule has 0 aliphatic heterocycles. The maximum absolute atomic E-state index is 11.5. The smallest absolute Gasteiger partial charge is 0.254 e. The fourth-order valence-electron chi connectivity index (χ4n) is 1.59. The Hall–Kier alpha value is -2.08. The number of benzene rings is 1. The Morgan fingerprint density at radius 2 is 2.25 bits per heavy atom. The number of nitrogens with one attached hydrogen (secondary N) is 1. The van der Waals surface area contributed by atoms with Crippen molar-refractivity contribution in [1.82, 2.24) is 9.97 Å². The van der Waals surface area contributed by atoms with Crippen molar-refractivity contribution in [2.45, 2.75) is 13.3 Å². The largest absolute Gasteiger partial charge is 0.435 e.